The highest BCUT2D eigenvalue weighted by atomic mass is 16.5. The summed E-state index contributed by atoms with van der Waals surface area (Å²) in [4.78, 5) is 14.2. The van der Waals surface area contributed by atoms with Crippen molar-refractivity contribution in [3.05, 3.63) is 0 Å². The van der Waals surface area contributed by atoms with Crippen LogP contribution in [-0.2, 0) is 9.53 Å². The predicted molar refractivity (Wildman–Crippen MR) is 65.9 cm³/mol. The zero-order chi connectivity index (χ0) is 12.1. The van der Waals surface area contributed by atoms with Crippen molar-refractivity contribution in [2.75, 3.05) is 39.4 Å². The molecule has 1 aliphatic heterocycles. The van der Waals surface area contributed by atoms with E-state index in [-0.39, 0.29) is 11.9 Å². The normalized spacial score (nSPS) is 24.9. The maximum atomic E-state index is 11.8. The maximum absolute atomic E-state index is 11.8. The molecule has 0 aromatic heterocycles. The summed E-state index contributed by atoms with van der Waals surface area (Å²) < 4.78 is 5.27. The lowest BCUT2D eigenvalue weighted by Gasteiger charge is -2.24. The largest absolute Gasteiger partial charge is 0.378 e. The Bertz CT molecular complexity index is 250. The van der Waals surface area contributed by atoms with Gasteiger partial charge in [0.1, 0.15) is 6.04 Å². The Morgan fingerprint density at radius 3 is 2.94 bits per heavy atom. The first-order chi connectivity index (χ1) is 8.31. The lowest BCUT2D eigenvalue weighted by Crippen LogP contribution is -2.52. The second kappa shape index (κ2) is 6.33. The molecule has 1 saturated carbocycles. The van der Waals surface area contributed by atoms with Gasteiger partial charge in [0.2, 0.25) is 5.91 Å². The number of rotatable bonds is 6. The molecule has 17 heavy (non-hydrogen) atoms. The van der Waals surface area contributed by atoms with Crippen LogP contribution in [0.15, 0.2) is 0 Å². The van der Waals surface area contributed by atoms with Gasteiger partial charge < -0.3 is 15.4 Å². The Balaban J connectivity index is 1.61. The van der Waals surface area contributed by atoms with Gasteiger partial charge in [0.05, 0.1) is 13.2 Å². The highest BCUT2D eigenvalue weighted by molar-refractivity contribution is 5.81. The Hall–Kier alpha value is -0.650. The average molecular weight is 241 g/mol. The number of likely N-dealkylation sites (N-methyl/N-ethyl adjacent to an activating group) is 1. The van der Waals surface area contributed by atoms with Gasteiger partial charge in [-0.2, -0.15) is 0 Å². The number of nitrogens with one attached hydrogen (secondary N) is 2. The molecule has 2 N–H and O–H groups in total. The molecule has 1 aliphatic carbocycles. The minimum Gasteiger partial charge on any atom is -0.378 e. The summed E-state index contributed by atoms with van der Waals surface area (Å²) in [6, 6.07) is 0.604. The molecular formula is C12H23N3O2. The zero-order valence-electron chi connectivity index (χ0n) is 10.6. The average Bonchev–Trinajstić information content (AvgIpc) is 3.20. The first-order valence-electron chi connectivity index (χ1n) is 6.64. The zero-order valence-corrected chi connectivity index (χ0v) is 10.6. The highest BCUT2D eigenvalue weighted by Crippen LogP contribution is 2.25. The molecule has 0 aromatic rings. The third kappa shape index (κ3) is 3.94. The van der Waals surface area contributed by atoms with Crippen molar-refractivity contribution in [1.29, 1.82) is 0 Å². The number of carbonyl (C=O) groups is 1. The molecule has 1 unspecified atom stereocenters. The number of morpholine rings is 1. The smallest absolute Gasteiger partial charge is 0.239 e. The maximum Gasteiger partial charge on any atom is 0.239 e. The van der Waals surface area contributed by atoms with Crippen molar-refractivity contribution in [3.63, 3.8) is 0 Å². The number of ether oxygens (including phenoxy) is 1. The van der Waals surface area contributed by atoms with Gasteiger partial charge >= 0.3 is 0 Å². The van der Waals surface area contributed by atoms with Gasteiger partial charge in [-0.1, -0.05) is 6.92 Å². The van der Waals surface area contributed by atoms with Crippen molar-refractivity contribution < 1.29 is 9.53 Å². The molecule has 1 amide bonds. The Morgan fingerprint density at radius 2 is 2.35 bits per heavy atom. The molecule has 1 atom stereocenters. The molecule has 0 aromatic carbocycles. The molecule has 2 fully saturated rings. The number of amides is 1. The molecule has 2 rings (SSSR count). The molecule has 1 saturated heterocycles. The van der Waals surface area contributed by atoms with Crippen LogP contribution in [0.1, 0.15) is 19.8 Å². The number of hydrogen-bond acceptors (Lipinski definition) is 4. The number of hydrogen-bond donors (Lipinski definition) is 2. The van der Waals surface area contributed by atoms with Crippen molar-refractivity contribution in [2.45, 2.75) is 31.8 Å². The van der Waals surface area contributed by atoms with Crippen LogP contribution in [0.5, 0.6) is 0 Å². The number of carbonyl (C=O) groups excluding carboxylic acids is 1. The first-order valence-corrected chi connectivity index (χ1v) is 6.64. The lowest BCUT2D eigenvalue weighted by atomic mass is 10.2. The van der Waals surface area contributed by atoms with Gasteiger partial charge in [0.15, 0.2) is 0 Å². The molecule has 0 radical (unpaired) electrons. The monoisotopic (exact) mass is 241 g/mol. The topological polar surface area (TPSA) is 53.6 Å². The fraction of sp³-hybridized carbons (Fsp3) is 0.917. The van der Waals surface area contributed by atoms with Crippen LogP contribution in [0.3, 0.4) is 0 Å². The van der Waals surface area contributed by atoms with Crippen molar-refractivity contribution in [3.8, 4) is 0 Å². The van der Waals surface area contributed by atoms with E-state index < -0.39 is 0 Å². The molecule has 0 bridgehead atoms. The minimum absolute atomic E-state index is 0.0663. The summed E-state index contributed by atoms with van der Waals surface area (Å²) in [7, 11) is 0. The van der Waals surface area contributed by atoms with Gasteiger partial charge in [-0.05, 0) is 19.4 Å². The molecule has 1 heterocycles. The van der Waals surface area contributed by atoms with Crippen molar-refractivity contribution in [2.24, 2.45) is 0 Å². The van der Waals surface area contributed by atoms with Gasteiger partial charge in [0, 0.05) is 25.7 Å². The van der Waals surface area contributed by atoms with Crippen LogP contribution in [-0.4, -0.2) is 62.3 Å². The molecule has 2 aliphatic rings. The summed E-state index contributed by atoms with van der Waals surface area (Å²) >= 11 is 0. The van der Waals surface area contributed by atoms with E-state index in [0.717, 1.165) is 32.2 Å². The number of nitrogens with zero attached hydrogens (tertiary/aromatic N) is 1. The van der Waals surface area contributed by atoms with E-state index in [0.29, 0.717) is 13.2 Å². The van der Waals surface area contributed by atoms with Gasteiger partial charge in [-0.15, -0.1) is 0 Å². The van der Waals surface area contributed by atoms with Crippen molar-refractivity contribution in [1.82, 2.24) is 15.5 Å². The fourth-order valence-electron chi connectivity index (χ4n) is 2.22. The summed E-state index contributed by atoms with van der Waals surface area (Å²) in [5.41, 5.74) is 0. The van der Waals surface area contributed by atoms with Crippen LogP contribution < -0.4 is 10.6 Å². The quantitative estimate of drug-likeness (QED) is 0.663. The van der Waals surface area contributed by atoms with Crippen LogP contribution in [0.25, 0.3) is 0 Å². The highest BCUT2D eigenvalue weighted by Gasteiger charge is 2.27. The van der Waals surface area contributed by atoms with E-state index in [2.05, 4.69) is 22.5 Å². The Labute approximate surface area is 103 Å². The summed E-state index contributed by atoms with van der Waals surface area (Å²) in [5, 5.41) is 6.13. The minimum atomic E-state index is -0.167. The second-order valence-corrected chi connectivity index (χ2v) is 4.73. The van der Waals surface area contributed by atoms with Crippen LogP contribution in [0.2, 0.25) is 0 Å². The standard InChI is InChI=1S/C12H23N3O2/c1-2-15(10-3-4-10)7-5-14-12(16)11-9-17-8-6-13-11/h10-11,13H,2-9H2,1H3,(H,14,16). The predicted octanol–water partition coefficient (Wildman–Crippen LogP) is -0.425. The van der Waals surface area contributed by atoms with Gasteiger partial charge in [-0.3, -0.25) is 9.69 Å². The Morgan fingerprint density at radius 1 is 1.53 bits per heavy atom. The fourth-order valence-corrected chi connectivity index (χ4v) is 2.22. The second-order valence-electron chi connectivity index (χ2n) is 4.73. The van der Waals surface area contributed by atoms with Gasteiger partial charge in [-0.25, -0.2) is 0 Å². The van der Waals surface area contributed by atoms with Crippen LogP contribution >= 0.6 is 0 Å². The van der Waals surface area contributed by atoms with Crippen LogP contribution in [0, 0.1) is 0 Å². The third-order valence-electron chi connectivity index (χ3n) is 3.41. The Kier molecular flexibility index (Phi) is 4.76. The van der Waals surface area contributed by atoms with E-state index >= 15 is 0 Å². The summed E-state index contributed by atoms with van der Waals surface area (Å²) in [6.45, 7) is 6.91. The van der Waals surface area contributed by atoms with E-state index in [4.69, 9.17) is 4.74 Å². The lowest BCUT2D eigenvalue weighted by molar-refractivity contribution is -0.125. The summed E-state index contributed by atoms with van der Waals surface area (Å²) in [6.07, 6.45) is 2.64. The third-order valence-corrected chi connectivity index (χ3v) is 3.41. The van der Waals surface area contributed by atoms with E-state index in [9.17, 15) is 4.79 Å². The SMILES string of the molecule is CCN(CCNC(=O)C1COCCN1)C1CC1. The van der Waals surface area contributed by atoms with E-state index in [1.54, 1.807) is 0 Å². The molecule has 5 nitrogen and oxygen atoms in total. The molecular weight excluding hydrogens is 218 g/mol. The molecule has 98 valence electrons. The van der Waals surface area contributed by atoms with Gasteiger partial charge in [0.25, 0.3) is 0 Å². The van der Waals surface area contributed by atoms with E-state index in [1.807, 2.05) is 0 Å². The molecule has 0 spiro atoms. The van der Waals surface area contributed by atoms with E-state index in [1.165, 1.54) is 12.8 Å². The van der Waals surface area contributed by atoms with Crippen LogP contribution in [0.4, 0.5) is 0 Å². The summed E-state index contributed by atoms with van der Waals surface area (Å²) in [5.74, 6) is 0.0663. The first kappa shape index (κ1) is 12.8. The molecule has 5 heteroatoms. The van der Waals surface area contributed by atoms with Crippen molar-refractivity contribution >= 4 is 5.91 Å².